The summed E-state index contributed by atoms with van der Waals surface area (Å²) in [6, 6.07) is 10.5. The topological polar surface area (TPSA) is 62.6 Å². The number of amides is 1. The fourth-order valence-electron chi connectivity index (χ4n) is 2.33. The van der Waals surface area contributed by atoms with E-state index in [9.17, 15) is 9.59 Å². The summed E-state index contributed by atoms with van der Waals surface area (Å²) in [6.45, 7) is 7.64. The van der Waals surface area contributed by atoms with Crippen LogP contribution in [0.25, 0.3) is 11.3 Å². The van der Waals surface area contributed by atoms with E-state index in [1.54, 1.807) is 24.3 Å². The lowest BCUT2D eigenvalue weighted by molar-refractivity contribution is 0.0948. The maximum Gasteiger partial charge on any atom is 0.251 e. The highest BCUT2D eigenvalue weighted by molar-refractivity contribution is 5.94. The largest absolute Gasteiger partial charge is 0.453 e. The van der Waals surface area contributed by atoms with E-state index in [1.807, 2.05) is 12.1 Å². The van der Waals surface area contributed by atoms with Gasteiger partial charge in [0, 0.05) is 24.2 Å². The molecule has 1 aromatic carbocycles. The Morgan fingerprint density at radius 2 is 1.83 bits per heavy atom. The Morgan fingerprint density at radius 3 is 2.39 bits per heavy atom. The molecule has 0 aliphatic rings. The second-order valence-corrected chi connectivity index (χ2v) is 5.18. The molecule has 0 aliphatic carbocycles. The fraction of sp³-hybridized carbons (Fsp3) is 0.333. The molecule has 1 heterocycles. The van der Waals surface area contributed by atoms with E-state index in [0.29, 0.717) is 29.9 Å². The molecule has 0 saturated carbocycles. The molecule has 0 spiro atoms. The highest BCUT2D eigenvalue weighted by Gasteiger charge is 2.08. The molecule has 0 aliphatic heterocycles. The normalized spacial score (nSPS) is 10.7. The number of hydrogen-bond acceptors (Lipinski definition) is 4. The third-order valence-corrected chi connectivity index (χ3v) is 3.78. The molecule has 2 rings (SSSR count). The first-order chi connectivity index (χ1) is 11.2. The van der Waals surface area contributed by atoms with Gasteiger partial charge < -0.3 is 14.6 Å². The molecule has 1 amide bonds. The van der Waals surface area contributed by atoms with Gasteiger partial charge in [-0.05, 0) is 37.4 Å². The maximum atomic E-state index is 12.1. The van der Waals surface area contributed by atoms with Gasteiger partial charge in [-0.3, -0.25) is 9.59 Å². The minimum absolute atomic E-state index is 0.0864. The average molecular weight is 314 g/mol. The van der Waals surface area contributed by atoms with Crippen LogP contribution in [0.2, 0.25) is 0 Å². The summed E-state index contributed by atoms with van der Waals surface area (Å²) in [5.41, 5.74) is 1.44. The van der Waals surface area contributed by atoms with Crippen molar-refractivity contribution in [2.75, 3.05) is 26.2 Å². The second-order valence-electron chi connectivity index (χ2n) is 5.18. The van der Waals surface area contributed by atoms with Gasteiger partial charge in [0.05, 0.1) is 0 Å². The molecule has 23 heavy (non-hydrogen) atoms. The van der Waals surface area contributed by atoms with Gasteiger partial charge in [0.1, 0.15) is 5.76 Å². The second kappa shape index (κ2) is 8.29. The van der Waals surface area contributed by atoms with Crippen molar-refractivity contribution in [2.24, 2.45) is 0 Å². The molecule has 0 radical (unpaired) electrons. The van der Waals surface area contributed by atoms with Crippen LogP contribution in [0.5, 0.6) is 0 Å². The maximum absolute atomic E-state index is 12.1. The molecule has 0 atom stereocenters. The number of rotatable bonds is 8. The molecule has 5 heteroatoms. The first kappa shape index (κ1) is 17.0. The van der Waals surface area contributed by atoms with Crippen LogP contribution in [0.3, 0.4) is 0 Å². The van der Waals surface area contributed by atoms with Gasteiger partial charge in [0.2, 0.25) is 0 Å². The van der Waals surface area contributed by atoms with Gasteiger partial charge >= 0.3 is 0 Å². The first-order valence-corrected chi connectivity index (χ1v) is 7.84. The number of nitrogens with one attached hydrogen (secondary N) is 1. The van der Waals surface area contributed by atoms with Crippen molar-refractivity contribution in [2.45, 2.75) is 13.8 Å². The lowest BCUT2D eigenvalue weighted by atomic mass is 10.1. The molecule has 0 bridgehead atoms. The van der Waals surface area contributed by atoms with Crippen LogP contribution in [0.1, 0.15) is 34.8 Å². The van der Waals surface area contributed by atoms with Gasteiger partial charge in [-0.25, -0.2) is 0 Å². The van der Waals surface area contributed by atoms with Crippen molar-refractivity contribution >= 4 is 12.2 Å². The molecular formula is C18H22N2O3. The molecular weight excluding hydrogens is 292 g/mol. The van der Waals surface area contributed by atoms with E-state index < -0.39 is 0 Å². The average Bonchev–Trinajstić information content (AvgIpc) is 3.08. The zero-order chi connectivity index (χ0) is 16.7. The van der Waals surface area contributed by atoms with Crippen LogP contribution in [0, 0.1) is 0 Å². The van der Waals surface area contributed by atoms with Crippen LogP contribution in [-0.2, 0) is 0 Å². The Hall–Kier alpha value is -2.40. The first-order valence-electron chi connectivity index (χ1n) is 7.84. The summed E-state index contributed by atoms with van der Waals surface area (Å²) >= 11 is 0. The van der Waals surface area contributed by atoms with Crippen LogP contribution in [0.15, 0.2) is 40.8 Å². The molecule has 1 N–H and O–H groups in total. The zero-order valence-electron chi connectivity index (χ0n) is 13.5. The van der Waals surface area contributed by atoms with Gasteiger partial charge in [0.25, 0.3) is 5.91 Å². The predicted molar refractivity (Wildman–Crippen MR) is 89.7 cm³/mol. The summed E-state index contributed by atoms with van der Waals surface area (Å²) in [5.74, 6) is 0.815. The van der Waals surface area contributed by atoms with Gasteiger partial charge in [-0.1, -0.05) is 26.0 Å². The molecule has 122 valence electrons. The van der Waals surface area contributed by atoms with E-state index >= 15 is 0 Å². The summed E-state index contributed by atoms with van der Waals surface area (Å²) in [4.78, 5) is 25.0. The van der Waals surface area contributed by atoms with Gasteiger partial charge in [-0.2, -0.15) is 0 Å². The van der Waals surface area contributed by atoms with E-state index in [-0.39, 0.29) is 5.91 Å². The third kappa shape index (κ3) is 4.53. The highest BCUT2D eigenvalue weighted by Crippen LogP contribution is 2.21. The van der Waals surface area contributed by atoms with Crippen LogP contribution in [-0.4, -0.2) is 43.3 Å². The number of carbonyl (C=O) groups excluding carboxylic acids is 2. The third-order valence-electron chi connectivity index (χ3n) is 3.78. The summed E-state index contributed by atoms with van der Waals surface area (Å²) in [7, 11) is 0. The van der Waals surface area contributed by atoms with Gasteiger partial charge in [-0.15, -0.1) is 0 Å². The molecule has 1 aromatic heterocycles. The Morgan fingerprint density at radius 1 is 1.13 bits per heavy atom. The number of likely N-dealkylation sites (N-methyl/N-ethyl adjacent to an activating group) is 1. The van der Waals surface area contributed by atoms with E-state index in [2.05, 4.69) is 24.1 Å². The number of carbonyl (C=O) groups is 2. The Bertz CT molecular complexity index is 643. The van der Waals surface area contributed by atoms with Crippen LogP contribution >= 0.6 is 0 Å². The van der Waals surface area contributed by atoms with Crippen LogP contribution in [0.4, 0.5) is 0 Å². The van der Waals surface area contributed by atoms with E-state index in [4.69, 9.17) is 4.42 Å². The van der Waals surface area contributed by atoms with Crippen molar-refractivity contribution < 1.29 is 14.0 Å². The van der Waals surface area contributed by atoms with Crippen molar-refractivity contribution in [3.63, 3.8) is 0 Å². The van der Waals surface area contributed by atoms with Crippen LogP contribution < -0.4 is 5.32 Å². The number of aldehydes is 1. The number of hydrogen-bond donors (Lipinski definition) is 1. The fourth-order valence-corrected chi connectivity index (χ4v) is 2.33. The summed E-state index contributed by atoms with van der Waals surface area (Å²) in [6.07, 6.45) is 0.668. The number of nitrogens with zero attached hydrogens (tertiary/aromatic N) is 1. The quantitative estimate of drug-likeness (QED) is 0.761. The number of furan rings is 1. The van der Waals surface area contributed by atoms with Crippen molar-refractivity contribution in [3.05, 3.63) is 47.7 Å². The van der Waals surface area contributed by atoms with Crippen molar-refractivity contribution in [3.8, 4) is 11.3 Å². The summed E-state index contributed by atoms with van der Waals surface area (Å²) < 4.78 is 5.36. The Balaban J connectivity index is 1.93. The monoisotopic (exact) mass is 314 g/mol. The van der Waals surface area contributed by atoms with Crippen molar-refractivity contribution in [1.82, 2.24) is 10.2 Å². The molecule has 5 nitrogen and oxygen atoms in total. The standard InChI is InChI=1S/C18H22N2O3/c1-3-20(4-2)12-11-19-18(22)15-7-5-14(6-8-15)17-10-9-16(13-21)23-17/h5-10,13H,3-4,11-12H2,1-2H3,(H,19,22). The molecule has 0 saturated heterocycles. The van der Waals surface area contributed by atoms with E-state index in [1.165, 1.54) is 0 Å². The smallest absolute Gasteiger partial charge is 0.251 e. The SMILES string of the molecule is CCN(CC)CCNC(=O)c1ccc(-c2ccc(C=O)o2)cc1. The molecule has 0 fully saturated rings. The minimum atomic E-state index is -0.0864. The number of benzene rings is 1. The zero-order valence-corrected chi connectivity index (χ0v) is 13.5. The highest BCUT2D eigenvalue weighted by atomic mass is 16.3. The van der Waals surface area contributed by atoms with E-state index in [0.717, 1.165) is 25.2 Å². The predicted octanol–water partition coefficient (Wildman–Crippen LogP) is 2.83. The summed E-state index contributed by atoms with van der Waals surface area (Å²) in [5, 5.41) is 2.92. The lowest BCUT2D eigenvalue weighted by Crippen LogP contribution is -2.34. The van der Waals surface area contributed by atoms with Crippen molar-refractivity contribution in [1.29, 1.82) is 0 Å². The molecule has 0 unspecified atom stereocenters. The lowest BCUT2D eigenvalue weighted by Gasteiger charge is -2.17. The molecule has 2 aromatic rings. The van der Waals surface area contributed by atoms with Gasteiger partial charge in [0.15, 0.2) is 12.0 Å². The Labute approximate surface area is 136 Å². The Kier molecular flexibility index (Phi) is 6.11. The minimum Gasteiger partial charge on any atom is -0.453 e.